The number of fused-ring (bicyclic) bond motifs is 1. The highest BCUT2D eigenvalue weighted by Crippen LogP contribution is 2.11. The maximum absolute atomic E-state index is 11.7. The second-order valence-electron chi connectivity index (χ2n) is 6.32. The minimum atomic E-state index is -0.236. The first-order valence-electron chi connectivity index (χ1n) is 9.06. The normalized spacial score (nSPS) is 16.0. The summed E-state index contributed by atoms with van der Waals surface area (Å²) < 4.78 is 7.02. The third kappa shape index (κ3) is 4.65. The van der Waals surface area contributed by atoms with E-state index in [2.05, 4.69) is 15.3 Å². The molecule has 1 aliphatic rings. The van der Waals surface area contributed by atoms with E-state index >= 15 is 0 Å². The molecular formula is C18H26N6O2. The van der Waals surface area contributed by atoms with E-state index < -0.39 is 0 Å². The molecule has 1 amide bonds. The summed E-state index contributed by atoms with van der Waals surface area (Å²) in [5, 5.41) is 3.25. The van der Waals surface area contributed by atoms with Crippen LogP contribution in [-0.4, -0.2) is 58.6 Å². The van der Waals surface area contributed by atoms with Gasteiger partial charge in [0, 0.05) is 44.5 Å². The number of aromatic nitrogens is 2. The summed E-state index contributed by atoms with van der Waals surface area (Å²) in [4.78, 5) is 22.4. The fourth-order valence-corrected chi connectivity index (χ4v) is 3.07. The van der Waals surface area contributed by atoms with Crippen LogP contribution in [0.25, 0.3) is 5.65 Å². The molecule has 3 heterocycles. The smallest absolute Gasteiger partial charge is 0.409 e. The summed E-state index contributed by atoms with van der Waals surface area (Å²) in [6, 6.07) is 6.16. The molecule has 140 valence electrons. The van der Waals surface area contributed by atoms with Crippen molar-refractivity contribution in [2.45, 2.75) is 32.2 Å². The Kier molecular flexibility index (Phi) is 5.93. The van der Waals surface area contributed by atoms with E-state index in [0.29, 0.717) is 32.2 Å². The van der Waals surface area contributed by atoms with Crippen molar-refractivity contribution in [3.8, 4) is 0 Å². The molecule has 8 nitrogen and oxygen atoms in total. The van der Waals surface area contributed by atoms with Crippen molar-refractivity contribution in [3.63, 3.8) is 0 Å². The number of amides is 1. The van der Waals surface area contributed by atoms with Gasteiger partial charge in [-0.1, -0.05) is 6.07 Å². The molecule has 0 aromatic carbocycles. The number of nitrogens with two attached hydrogens (primary N) is 1. The molecule has 0 aliphatic carbocycles. The number of ether oxygens (including phenoxy) is 1. The number of carbonyl (C=O) groups is 1. The fraction of sp³-hybridized carbons (Fsp3) is 0.500. The lowest BCUT2D eigenvalue weighted by molar-refractivity contribution is 0.0963. The first kappa shape index (κ1) is 18.0. The van der Waals surface area contributed by atoms with Gasteiger partial charge in [-0.05, 0) is 31.9 Å². The number of pyridine rings is 1. The molecule has 0 bridgehead atoms. The number of hydrogen-bond donors (Lipinski definition) is 2. The van der Waals surface area contributed by atoms with Crippen molar-refractivity contribution in [3.05, 3.63) is 36.3 Å². The minimum Gasteiger partial charge on any atom is -0.450 e. The molecule has 0 radical (unpaired) electrons. The van der Waals surface area contributed by atoms with E-state index in [1.54, 1.807) is 4.90 Å². The molecule has 26 heavy (non-hydrogen) atoms. The first-order valence-corrected chi connectivity index (χ1v) is 9.06. The average Bonchev–Trinajstić information content (AvgIpc) is 3.05. The Morgan fingerprint density at radius 3 is 2.96 bits per heavy atom. The van der Waals surface area contributed by atoms with Crippen molar-refractivity contribution < 1.29 is 9.53 Å². The van der Waals surface area contributed by atoms with Gasteiger partial charge < -0.3 is 25.1 Å². The second kappa shape index (κ2) is 8.55. The zero-order valence-electron chi connectivity index (χ0n) is 15.1. The molecule has 8 heteroatoms. The van der Waals surface area contributed by atoms with E-state index in [-0.39, 0.29) is 12.1 Å². The molecule has 3 N–H and O–H groups in total. The summed E-state index contributed by atoms with van der Waals surface area (Å²) in [5.41, 5.74) is 7.93. The molecule has 0 atom stereocenters. The monoisotopic (exact) mass is 358 g/mol. The largest absolute Gasteiger partial charge is 0.450 e. The number of piperidine rings is 1. The Bertz CT molecular complexity index is 731. The van der Waals surface area contributed by atoms with Gasteiger partial charge in [-0.15, -0.1) is 0 Å². The quantitative estimate of drug-likeness (QED) is 0.622. The van der Waals surface area contributed by atoms with E-state index in [1.807, 2.05) is 41.9 Å². The van der Waals surface area contributed by atoms with Crippen LogP contribution >= 0.6 is 0 Å². The van der Waals surface area contributed by atoms with Crippen LogP contribution in [0.4, 0.5) is 4.79 Å². The van der Waals surface area contributed by atoms with Gasteiger partial charge in [0.25, 0.3) is 0 Å². The SMILES string of the molecule is CCOC(=O)N1CCC(NC(N)=NCCc2cn3ccccc3n2)CC1. The van der Waals surface area contributed by atoms with Crippen LogP contribution in [0.3, 0.4) is 0 Å². The lowest BCUT2D eigenvalue weighted by Crippen LogP contribution is -2.48. The van der Waals surface area contributed by atoms with Crippen LogP contribution in [0.15, 0.2) is 35.6 Å². The summed E-state index contributed by atoms with van der Waals surface area (Å²) >= 11 is 0. The van der Waals surface area contributed by atoms with Crippen LogP contribution in [-0.2, 0) is 11.2 Å². The van der Waals surface area contributed by atoms with Crippen molar-refractivity contribution in [2.75, 3.05) is 26.2 Å². The van der Waals surface area contributed by atoms with Crippen LogP contribution in [0, 0.1) is 0 Å². The number of carbonyl (C=O) groups excluding carboxylic acids is 1. The number of rotatable bonds is 5. The van der Waals surface area contributed by atoms with Gasteiger partial charge in [0.15, 0.2) is 5.96 Å². The number of nitrogens with one attached hydrogen (secondary N) is 1. The van der Waals surface area contributed by atoms with Crippen LogP contribution < -0.4 is 11.1 Å². The standard InChI is InChI=1S/C18H26N6O2/c1-2-26-18(25)23-11-7-14(8-12-23)22-17(19)20-9-6-15-13-24-10-4-3-5-16(24)21-15/h3-5,10,13-14H,2,6-9,11-12H2,1H3,(H3,19,20,22). The van der Waals surface area contributed by atoms with E-state index in [4.69, 9.17) is 10.5 Å². The Hall–Kier alpha value is -2.77. The van der Waals surface area contributed by atoms with E-state index in [1.165, 1.54) is 0 Å². The maximum Gasteiger partial charge on any atom is 0.409 e. The first-order chi connectivity index (χ1) is 12.7. The van der Waals surface area contributed by atoms with Crippen molar-refractivity contribution >= 4 is 17.7 Å². The summed E-state index contributed by atoms with van der Waals surface area (Å²) in [6.07, 6.45) is 6.17. The predicted octanol–water partition coefficient (Wildman–Crippen LogP) is 1.40. The molecule has 2 aromatic heterocycles. The molecule has 1 saturated heterocycles. The van der Waals surface area contributed by atoms with Crippen LogP contribution in [0.2, 0.25) is 0 Å². The maximum atomic E-state index is 11.7. The molecule has 0 spiro atoms. The Morgan fingerprint density at radius 2 is 2.23 bits per heavy atom. The molecule has 2 aromatic rings. The van der Waals surface area contributed by atoms with Gasteiger partial charge in [0.1, 0.15) is 5.65 Å². The van der Waals surface area contributed by atoms with Crippen molar-refractivity contribution in [1.29, 1.82) is 0 Å². The molecule has 1 aliphatic heterocycles. The zero-order valence-corrected chi connectivity index (χ0v) is 15.1. The lowest BCUT2D eigenvalue weighted by atomic mass is 10.1. The number of nitrogens with zero attached hydrogens (tertiary/aromatic N) is 4. The molecule has 1 fully saturated rings. The predicted molar refractivity (Wildman–Crippen MR) is 100 cm³/mol. The molecular weight excluding hydrogens is 332 g/mol. The summed E-state index contributed by atoms with van der Waals surface area (Å²) in [7, 11) is 0. The number of imidazole rings is 1. The number of guanidine groups is 1. The number of likely N-dealkylation sites (tertiary alicyclic amines) is 1. The number of aliphatic imine (C=N–C) groups is 1. The van der Waals surface area contributed by atoms with Crippen molar-refractivity contribution in [1.82, 2.24) is 19.6 Å². The average molecular weight is 358 g/mol. The lowest BCUT2D eigenvalue weighted by Gasteiger charge is -2.31. The second-order valence-corrected chi connectivity index (χ2v) is 6.32. The van der Waals surface area contributed by atoms with Gasteiger partial charge in [0.2, 0.25) is 0 Å². The fourth-order valence-electron chi connectivity index (χ4n) is 3.07. The van der Waals surface area contributed by atoms with E-state index in [0.717, 1.165) is 30.6 Å². The highest BCUT2D eigenvalue weighted by atomic mass is 16.6. The Morgan fingerprint density at radius 1 is 1.42 bits per heavy atom. The topological polar surface area (TPSA) is 97.2 Å². The Labute approximate surface area is 153 Å². The zero-order chi connectivity index (χ0) is 18.4. The van der Waals surface area contributed by atoms with Crippen LogP contribution in [0.5, 0.6) is 0 Å². The molecule has 0 saturated carbocycles. The van der Waals surface area contributed by atoms with Gasteiger partial charge in [-0.25, -0.2) is 9.78 Å². The highest BCUT2D eigenvalue weighted by Gasteiger charge is 2.23. The van der Waals surface area contributed by atoms with Gasteiger partial charge in [-0.3, -0.25) is 4.99 Å². The third-order valence-corrected chi connectivity index (χ3v) is 4.44. The highest BCUT2D eigenvalue weighted by molar-refractivity contribution is 5.78. The van der Waals surface area contributed by atoms with Gasteiger partial charge in [0.05, 0.1) is 12.3 Å². The van der Waals surface area contributed by atoms with Gasteiger partial charge in [-0.2, -0.15) is 0 Å². The third-order valence-electron chi connectivity index (χ3n) is 4.44. The minimum absolute atomic E-state index is 0.236. The molecule has 3 rings (SSSR count). The molecule has 0 unspecified atom stereocenters. The van der Waals surface area contributed by atoms with Crippen LogP contribution in [0.1, 0.15) is 25.5 Å². The summed E-state index contributed by atoms with van der Waals surface area (Å²) in [5.74, 6) is 0.448. The van der Waals surface area contributed by atoms with Crippen molar-refractivity contribution in [2.24, 2.45) is 10.7 Å². The van der Waals surface area contributed by atoms with Gasteiger partial charge >= 0.3 is 6.09 Å². The number of hydrogen-bond acceptors (Lipinski definition) is 4. The van der Waals surface area contributed by atoms with E-state index in [9.17, 15) is 4.79 Å². The summed E-state index contributed by atoms with van der Waals surface area (Å²) in [6.45, 7) is 4.15. The Balaban J connectivity index is 1.42.